The van der Waals surface area contributed by atoms with Crippen LogP contribution in [0.4, 0.5) is 0 Å². The second-order valence-corrected chi connectivity index (χ2v) is 18.2. The third-order valence-corrected chi connectivity index (χ3v) is 13.2. The predicted octanol–water partition coefficient (Wildman–Crippen LogP) is 12.4. The number of hydrogen-bond donors (Lipinski definition) is 2. The van der Waals surface area contributed by atoms with Gasteiger partial charge in [0.1, 0.15) is 11.5 Å². The summed E-state index contributed by atoms with van der Waals surface area (Å²) in [5.41, 5.74) is 8.72. The van der Waals surface area contributed by atoms with Crippen LogP contribution >= 0.6 is 90.4 Å². The van der Waals surface area contributed by atoms with Crippen LogP contribution in [0.3, 0.4) is 0 Å². The number of phenolic OH excluding ortho intramolecular Hbond substituents is 2. The molecule has 2 N–H and O–H groups in total. The fourth-order valence-electron chi connectivity index (χ4n) is 7.05. The largest absolute Gasteiger partial charge is 0.507 e. The number of hydrogen-bond acceptors (Lipinski definition) is 4. The molecule has 3 rings (SSSR count). The number of benzene rings is 2. The maximum absolute atomic E-state index is 11.3. The molecule has 1 saturated carbocycles. The highest BCUT2D eigenvalue weighted by Gasteiger charge is 2.29. The molecule has 0 heterocycles. The summed E-state index contributed by atoms with van der Waals surface area (Å²) in [4.78, 5) is 10.2. The molecule has 0 unspecified atom stereocenters. The Morgan fingerprint density at radius 2 is 1.10 bits per heavy atom. The van der Waals surface area contributed by atoms with Gasteiger partial charge in [-0.1, -0.05) is 130 Å². The summed E-state index contributed by atoms with van der Waals surface area (Å²) in [5, 5.41) is 22.4. The normalized spacial score (nSPS) is 17.3. The number of alkyl halides is 4. The predicted molar refractivity (Wildman–Crippen MR) is 243 cm³/mol. The molecule has 0 saturated heterocycles. The Labute approximate surface area is 345 Å². The SMILES string of the molecule is C=C=Cc1cc(C(C)(CCCI)CCCI)cc(/C=N/[C@H]2CCCC[C@@H]2/N=C/c2cc(C(C)(CCCI)CCCI)cc(C)c2O)c1O. The maximum atomic E-state index is 11.3. The van der Waals surface area contributed by atoms with Crippen molar-refractivity contribution in [3.05, 3.63) is 70.0 Å². The minimum Gasteiger partial charge on any atom is -0.507 e. The van der Waals surface area contributed by atoms with Crippen LogP contribution in [0.15, 0.2) is 46.6 Å². The Balaban J connectivity index is 1.97. The first-order valence-corrected chi connectivity index (χ1v) is 23.5. The topological polar surface area (TPSA) is 65.2 Å². The molecule has 2 atom stereocenters. The number of aryl methyl sites for hydroxylation is 1. The average Bonchev–Trinajstić information content (AvgIpc) is 3.09. The van der Waals surface area contributed by atoms with Crippen molar-refractivity contribution in [3.8, 4) is 11.5 Å². The molecule has 2 aromatic rings. The van der Waals surface area contributed by atoms with Gasteiger partial charge in [0.05, 0.1) is 12.1 Å². The molecule has 264 valence electrons. The highest BCUT2D eigenvalue weighted by molar-refractivity contribution is 14.1. The highest BCUT2D eigenvalue weighted by Crippen LogP contribution is 2.40. The zero-order chi connectivity index (χ0) is 35.2. The van der Waals surface area contributed by atoms with E-state index >= 15 is 0 Å². The van der Waals surface area contributed by atoms with Crippen molar-refractivity contribution in [2.75, 3.05) is 17.7 Å². The first-order chi connectivity index (χ1) is 23.0. The Morgan fingerprint density at radius 1 is 0.708 bits per heavy atom. The van der Waals surface area contributed by atoms with Gasteiger partial charge in [-0.05, 0) is 141 Å². The number of nitrogens with zero attached hydrogens (tertiary/aromatic N) is 2. The lowest BCUT2D eigenvalue weighted by molar-refractivity contribution is 0.389. The van der Waals surface area contributed by atoms with Crippen molar-refractivity contribution in [1.29, 1.82) is 0 Å². The van der Waals surface area contributed by atoms with Crippen LogP contribution in [0, 0.1) is 6.92 Å². The van der Waals surface area contributed by atoms with E-state index in [4.69, 9.17) is 9.98 Å². The summed E-state index contributed by atoms with van der Waals surface area (Å²) in [7, 11) is 0. The summed E-state index contributed by atoms with van der Waals surface area (Å²) in [6.07, 6.45) is 18.9. The van der Waals surface area contributed by atoms with E-state index in [1.54, 1.807) is 6.08 Å². The maximum Gasteiger partial charge on any atom is 0.132 e. The van der Waals surface area contributed by atoms with Gasteiger partial charge in [-0.15, -0.1) is 5.73 Å². The van der Waals surface area contributed by atoms with Gasteiger partial charge in [0.25, 0.3) is 0 Å². The fraction of sp³-hybridized carbons (Fsp3) is 0.575. The van der Waals surface area contributed by atoms with Crippen LogP contribution in [-0.2, 0) is 10.8 Å². The molecule has 48 heavy (non-hydrogen) atoms. The standard InChI is InChI=1S/C40H54I4N2O2/c1-5-12-30-24-34(40(4,17-10-21-43)18-11-22-44)26-32(38(30)48)28-46-36-14-7-6-13-35(36)45-27-31-25-33(23-29(2)37(31)47)39(3,15-8-19-41)16-9-20-42/h12,23-28,35-36,47-48H,1,6-11,13-22H2,2-4H3/b45-27+,46-28+/t35-,36-/m0/s1. The monoisotopic (exact) mass is 1100 g/mol. The van der Waals surface area contributed by atoms with Gasteiger partial charge in [0.15, 0.2) is 0 Å². The summed E-state index contributed by atoms with van der Waals surface area (Å²) >= 11 is 9.90. The van der Waals surface area contributed by atoms with E-state index in [1.165, 1.54) is 24.0 Å². The molecule has 0 aromatic heterocycles. The van der Waals surface area contributed by atoms with Crippen LogP contribution in [0.5, 0.6) is 11.5 Å². The number of aliphatic imine (C=N–C) groups is 2. The van der Waals surface area contributed by atoms with E-state index in [-0.39, 0.29) is 28.7 Å². The fourth-order valence-corrected chi connectivity index (χ4v) is 8.57. The lowest BCUT2D eigenvalue weighted by Crippen LogP contribution is -2.27. The lowest BCUT2D eigenvalue weighted by atomic mass is 9.74. The molecular weight excluding hydrogens is 1050 g/mol. The quantitative estimate of drug-likeness (QED) is 0.0637. The molecule has 4 nitrogen and oxygen atoms in total. The van der Waals surface area contributed by atoms with Crippen molar-refractivity contribution >= 4 is 109 Å². The van der Waals surface area contributed by atoms with Gasteiger partial charge in [-0.2, -0.15) is 0 Å². The molecule has 0 radical (unpaired) electrons. The van der Waals surface area contributed by atoms with Crippen molar-refractivity contribution in [1.82, 2.24) is 0 Å². The molecule has 0 aliphatic heterocycles. The summed E-state index contributed by atoms with van der Waals surface area (Å²) in [5.74, 6) is 0.547. The molecule has 1 aliphatic rings. The smallest absolute Gasteiger partial charge is 0.132 e. The summed E-state index contributed by atoms with van der Waals surface area (Å²) in [6, 6.07) is 8.68. The van der Waals surface area contributed by atoms with E-state index in [9.17, 15) is 10.2 Å². The van der Waals surface area contributed by atoms with Crippen LogP contribution < -0.4 is 0 Å². The second kappa shape index (κ2) is 21.4. The summed E-state index contributed by atoms with van der Waals surface area (Å²) in [6.45, 7) is 10.6. The van der Waals surface area contributed by atoms with Crippen molar-refractivity contribution < 1.29 is 10.2 Å². The average molecular weight is 1100 g/mol. The molecule has 2 aromatic carbocycles. The van der Waals surface area contributed by atoms with E-state index in [2.05, 4.69) is 141 Å². The Morgan fingerprint density at radius 3 is 1.52 bits per heavy atom. The molecule has 1 fully saturated rings. The van der Waals surface area contributed by atoms with E-state index < -0.39 is 0 Å². The minimum atomic E-state index is 0.0184. The molecular formula is C40H54I4N2O2. The highest BCUT2D eigenvalue weighted by atomic mass is 127. The van der Waals surface area contributed by atoms with Crippen LogP contribution in [0.1, 0.15) is 124 Å². The Bertz CT molecular complexity index is 1420. The summed E-state index contributed by atoms with van der Waals surface area (Å²) < 4.78 is 4.56. The number of rotatable bonds is 19. The third kappa shape index (κ3) is 11.9. The molecule has 0 amide bonds. The van der Waals surface area contributed by atoms with Gasteiger partial charge >= 0.3 is 0 Å². The first kappa shape index (κ1) is 42.2. The lowest BCUT2D eigenvalue weighted by Gasteiger charge is -2.31. The Hall–Kier alpha value is -0.180. The Kier molecular flexibility index (Phi) is 18.8. The minimum absolute atomic E-state index is 0.0184. The van der Waals surface area contributed by atoms with Crippen molar-refractivity contribution in [2.24, 2.45) is 9.98 Å². The third-order valence-electron chi connectivity index (χ3n) is 10.1. The van der Waals surface area contributed by atoms with Crippen LogP contribution in [0.25, 0.3) is 6.08 Å². The van der Waals surface area contributed by atoms with Crippen molar-refractivity contribution in [3.63, 3.8) is 0 Å². The van der Waals surface area contributed by atoms with E-state index in [1.807, 2.05) is 19.4 Å². The molecule has 1 aliphatic carbocycles. The zero-order valence-electron chi connectivity index (χ0n) is 29.0. The van der Waals surface area contributed by atoms with E-state index in [0.29, 0.717) is 5.75 Å². The van der Waals surface area contributed by atoms with Crippen LogP contribution in [-0.4, -0.2) is 52.4 Å². The van der Waals surface area contributed by atoms with Crippen LogP contribution in [0.2, 0.25) is 0 Å². The number of halogens is 4. The van der Waals surface area contributed by atoms with E-state index in [0.717, 1.165) is 104 Å². The second-order valence-electron chi connectivity index (χ2n) is 13.8. The first-order valence-electron chi connectivity index (χ1n) is 17.4. The number of phenols is 2. The van der Waals surface area contributed by atoms with Gasteiger partial charge in [-0.3, -0.25) is 9.98 Å². The molecule has 0 bridgehead atoms. The molecule has 0 spiro atoms. The number of aromatic hydroxyl groups is 2. The van der Waals surface area contributed by atoms with Gasteiger partial charge in [0, 0.05) is 29.1 Å². The van der Waals surface area contributed by atoms with Gasteiger partial charge in [-0.25, -0.2) is 0 Å². The van der Waals surface area contributed by atoms with Crippen molar-refractivity contribution in [2.45, 2.75) is 121 Å². The molecule has 8 heteroatoms. The zero-order valence-corrected chi connectivity index (χ0v) is 37.6. The van der Waals surface area contributed by atoms with Gasteiger partial charge in [0.2, 0.25) is 0 Å². The van der Waals surface area contributed by atoms with Gasteiger partial charge < -0.3 is 10.2 Å².